The number of quaternary nitrogens is 4. The summed E-state index contributed by atoms with van der Waals surface area (Å²) < 4.78 is 11.2. The van der Waals surface area contributed by atoms with Crippen molar-refractivity contribution in [3.8, 4) is 17.2 Å². The minimum Gasteiger partial charge on any atom is -0.507 e. The molecular formula is C54H73N5O7+4. The third-order valence-corrected chi connectivity index (χ3v) is 18.5. The average molecular weight is 904 g/mol. The number of piperazine rings is 6. The molecule has 12 nitrogen and oxygen atoms in total. The van der Waals surface area contributed by atoms with Crippen LogP contribution in [-0.2, 0) is 19.6 Å². The fraction of sp³-hybridized carbons (Fsp3) is 0.574. The number of aliphatic imine (C=N–C) groups is 1. The van der Waals surface area contributed by atoms with Crippen LogP contribution < -0.4 is 15.6 Å². The SMILES string of the molecule is CC[N+]12CC[N+](CCCCCc3c(O)c4c(=O)cc(CO)c5c6c(CO)cc(=O)c7c(O)c(OC)c8c(c(c3C=C(C)C8C(C)=NCCCC[N+]38CC[N+](CC)(CC3)CC8)c45)c76)(CC1)CC2. The number of aromatic hydroxyl groups is 2. The third-order valence-electron chi connectivity index (χ3n) is 18.5. The molecule has 12 heteroatoms. The molecule has 4 N–H and O–H groups in total. The Morgan fingerprint density at radius 1 is 0.636 bits per heavy atom. The van der Waals surface area contributed by atoms with Gasteiger partial charge in [-0.05, 0) is 117 Å². The number of phenolic OH excluding ortho intramolecular Hbond substituents is 2. The van der Waals surface area contributed by atoms with Gasteiger partial charge in [0, 0.05) is 40.1 Å². The van der Waals surface area contributed by atoms with Crippen molar-refractivity contribution in [3.05, 3.63) is 66.0 Å². The molecule has 6 fully saturated rings. The molecule has 6 saturated heterocycles. The molecule has 66 heavy (non-hydrogen) atoms. The van der Waals surface area contributed by atoms with Crippen LogP contribution in [0.4, 0.5) is 0 Å². The van der Waals surface area contributed by atoms with Crippen LogP contribution in [-0.4, -0.2) is 162 Å². The zero-order valence-electron chi connectivity index (χ0n) is 40.2. The van der Waals surface area contributed by atoms with E-state index in [1.807, 2.05) is 6.92 Å². The Hall–Kier alpha value is -4.43. The Labute approximate surface area is 388 Å². The molecule has 6 heterocycles. The molecule has 1 unspecified atom stereocenters. The number of aliphatic hydroxyl groups is 2. The van der Waals surface area contributed by atoms with E-state index in [-0.39, 0.29) is 28.0 Å². The van der Waals surface area contributed by atoms with E-state index in [0.29, 0.717) is 67.5 Å². The zero-order valence-corrected chi connectivity index (χ0v) is 40.2. The second kappa shape index (κ2) is 17.0. The van der Waals surface area contributed by atoms with Crippen LogP contribution in [0.25, 0.3) is 49.2 Å². The molecule has 0 radical (unpaired) electrons. The van der Waals surface area contributed by atoms with Crippen molar-refractivity contribution in [1.29, 1.82) is 0 Å². The fourth-order valence-corrected chi connectivity index (χ4v) is 14.1. The first-order valence-corrected chi connectivity index (χ1v) is 25.3. The summed E-state index contributed by atoms with van der Waals surface area (Å²) in [7, 11) is 1.51. The molecule has 6 aliphatic heterocycles. The fourth-order valence-electron chi connectivity index (χ4n) is 14.1. The first-order chi connectivity index (χ1) is 31.8. The predicted octanol–water partition coefficient (Wildman–Crippen LogP) is 6.12. The summed E-state index contributed by atoms with van der Waals surface area (Å²) in [5.41, 5.74) is 3.69. The monoisotopic (exact) mass is 904 g/mol. The lowest BCUT2D eigenvalue weighted by atomic mass is 9.78. The van der Waals surface area contributed by atoms with Gasteiger partial charge in [0.2, 0.25) is 0 Å². The number of aliphatic hydroxyl groups excluding tert-OH is 2. The number of hydrogen-bond acceptors (Lipinski definition) is 8. The number of ether oxygens (including phenoxy) is 1. The Kier molecular flexibility index (Phi) is 11.7. The molecule has 1 atom stereocenters. The van der Waals surface area contributed by atoms with Gasteiger partial charge in [-0.15, -0.1) is 0 Å². The van der Waals surface area contributed by atoms with Crippen molar-refractivity contribution in [3.63, 3.8) is 0 Å². The van der Waals surface area contributed by atoms with Gasteiger partial charge >= 0.3 is 0 Å². The summed E-state index contributed by atoms with van der Waals surface area (Å²) in [5.74, 6) is -0.635. The second-order valence-electron chi connectivity index (χ2n) is 21.4. The van der Waals surface area contributed by atoms with Gasteiger partial charge in [0.1, 0.15) is 84.3 Å². The lowest BCUT2D eigenvalue weighted by Gasteiger charge is -2.55. The number of benzene rings is 5. The number of phenols is 2. The van der Waals surface area contributed by atoms with Crippen molar-refractivity contribution < 1.29 is 43.1 Å². The average Bonchev–Trinajstić information content (AvgIpc) is 3.47. The van der Waals surface area contributed by atoms with Gasteiger partial charge in [-0.1, -0.05) is 11.6 Å². The summed E-state index contributed by atoms with van der Waals surface area (Å²) >= 11 is 0. The maximum atomic E-state index is 14.4. The molecule has 4 bridgehead atoms. The van der Waals surface area contributed by atoms with Crippen LogP contribution in [0.3, 0.4) is 0 Å². The van der Waals surface area contributed by atoms with Crippen LogP contribution in [0.15, 0.2) is 32.3 Å². The zero-order chi connectivity index (χ0) is 46.3. The lowest BCUT2D eigenvalue weighted by Crippen LogP contribution is -2.74. The molecule has 352 valence electrons. The molecule has 7 aliphatic rings. The van der Waals surface area contributed by atoms with E-state index in [0.717, 1.165) is 55.5 Å². The topological polar surface area (TPSA) is 137 Å². The van der Waals surface area contributed by atoms with Crippen molar-refractivity contribution in [2.45, 2.75) is 85.4 Å². The molecule has 5 aromatic rings. The number of unbranched alkanes of at least 4 members (excludes halogenated alkanes) is 3. The lowest BCUT2D eigenvalue weighted by molar-refractivity contribution is -1.08. The van der Waals surface area contributed by atoms with Gasteiger partial charge in [-0.2, -0.15) is 0 Å². The van der Waals surface area contributed by atoms with Crippen LogP contribution in [0.2, 0.25) is 0 Å². The Morgan fingerprint density at radius 2 is 1.12 bits per heavy atom. The summed E-state index contributed by atoms with van der Waals surface area (Å²) in [4.78, 5) is 33.9. The van der Waals surface area contributed by atoms with E-state index in [1.165, 1.54) is 135 Å². The maximum absolute atomic E-state index is 14.4. The number of hydrogen-bond donors (Lipinski definition) is 4. The van der Waals surface area contributed by atoms with E-state index >= 15 is 0 Å². The van der Waals surface area contributed by atoms with Gasteiger partial charge in [0.15, 0.2) is 22.4 Å². The molecule has 0 aromatic heterocycles. The van der Waals surface area contributed by atoms with Crippen LogP contribution >= 0.6 is 0 Å². The number of rotatable bonds is 17. The summed E-state index contributed by atoms with van der Waals surface area (Å²) in [6.07, 6.45) is 7.62. The third kappa shape index (κ3) is 6.94. The highest BCUT2D eigenvalue weighted by Gasteiger charge is 2.49. The van der Waals surface area contributed by atoms with Crippen molar-refractivity contribution in [2.24, 2.45) is 4.99 Å². The normalized spacial score (nSPS) is 27.3. The van der Waals surface area contributed by atoms with Crippen molar-refractivity contribution in [1.82, 2.24) is 0 Å². The predicted molar refractivity (Wildman–Crippen MR) is 265 cm³/mol. The van der Waals surface area contributed by atoms with Crippen LogP contribution in [0, 0.1) is 0 Å². The van der Waals surface area contributed by atoms with Gasteiger partial charge in [0.25, 0.3) is 0 Å². The molecule has 5 aromatic carbocycles. The van der Waals surface area contributed by atoms with E-state index < -0.39 is 30.0 Å². The number of nitrogens with zero attached hydrogens (tertiary/aromatic N) is 5. The second-order valence-corrected chi connectivity index (χ2v) is 21.4. The van der Waals surface area contributed by atoms with Gasteiger partial charge in [0.05, 0.1) is 57.3 Å². The highest BCUT2D eigenvalue weighted by molar-refractivity contribution is 6.38. The Bertz CT molecular complexity index is 2880. The molecular weight excluding hydrogens is 831 g/mol. The van der Waals surface area contributed by atoms with E-state index in [4.69, 9.17) is 9.73 Å². The molecule has 0 spiro atoms. The number of likely N-dealkylation sites (N-methyl/N-ethyl adjacent to an activating group) is 2. The molecule has 0 saturated carbocycles. The highest BCUT2D eigenvalue weighted by atomic mass is 16.5. The van der Waals surface area contributed by atoms with Crippen LogP contribution in [0.1, 0.15) is 93.5 Å². The summed E-state index contributed by atoms with van der Waals surface area (Å²) in [5, 5.41) is 50.2. The largest absolute Gasteiger partial charge is 0.507 e. The number of fused-ring (bicyclic) bond motifs is 7. The standard InChI is InChI=1S/C54H71N5O7/c1-6-56-17-23-58(24-18-56,25-19-56)15-11-8-9-13-38-39-29-34(3)42(35(4)55-14-10-12-16-59-26-20-57(7-2,21-27-59)22-28-59)51-50-45(39)48-43(36(32-60)30-40(62)46(48)52(38)64)44-37(33-61)31-41(63)47(49(44)50)53(65)54(51)66-5/h29-31,42,60-61H,6-28,32-33H2,1-5H3/q+2/p+2. The number of allylic oxidation sites excluding steroid dienone is 1. The van der Waals surface area contributed by atoms with E-state index in [2.05, 4.69) is 26.8 Å². The summed E-state index contributed by atoms with van der Waals surface area (Å²) in [6, 6.07) is 2.72. The first kappa shape index (κ1) is 45.4. The van der Waals surface area contributed by atoms with E-state index in [9.17, 15) is 30.0 Å². The minimum atomic E-state index is -0.488. The first-order valence-electron chi connectivity index (χ1n) is 25.3. The van der Waals surface area contributed by atoms with Gasteiger partial charge in [-0.25, -0.2) is 0 Å². The number of methoxy groups -OCH3 is 1. The Morgan fingerprint density at radius 3 is 1.62 bits per heavy atom. The van der Waals surface area contributed by atoms with Gasteiger partial charge < -0.3 is 43.1 Å². The quantitative estimate of drug-likeness (QED) is 0.0291. The van der Waals surface area contributed by atoms with Crippen LogP contribution in [0.5, 0.6) is 17.2 Å². The minimum absolute atomic E-state index is 0.0545. The maximum Gasteiger partial charge on any atom is 0.190 e. The molecule has 0 amide bonds. The smallest absolute Gasteiger partial charge is 0.190 e. The molecule has 1 aliphatic carbocycles. The van der Waals surface area contributed by atoms with Crippen molar-refractivity contribution in [2.75, 3.05) is 118 Å². The summed E-state index contributed by atoms with van der Waals surface area (Å²) in [6.45, 7) is 28.5. The van der Waals surface area contributed by atoms with Crippen molar-refractivity contribution >= 4 is 54.9 Å². The van der Waals surface area contributed by atoms with Gasteiger partial charge in [-0.3, -0.25) is 14.6 Å². The Balaban J connectivity index is 1.09. The molecule has 12 rings (SSSR count). The highest BCUT2D eigenvalue weighted by Crippen LogP contribution is 2.56. The van der Waals surface area contributed by atoms with E-state index in [1.54, 1.807) is 0 Å².